The number of carbonyl (C=O) groups excluding carboxylic acids is 1. The predicted molar refractivity (Wildman–Crippen MR) is 89.3 cm³/mol. The van der Waals surface area contributed by atoms with E-state index in [-0.39, 0.29) is 11.5 Å². The highest BCUT2D eigenvalue weighted by Crippen LogP contribution is 2.47. The Bertz CT molecular complexity index is 758. The third-order valence-electron chi connectivity index (χ3n) is 5.82. The van der Waals surface area contributed by atoms with Crippen LogP contribution >= 0.6 is 0 Å². The van der Waals surface area contributed by atoms with Crippen molar-refractivity contribution in [2.45, 2.75) is 44.7 Å². The SMILES string of the molecule is N#Cc1cncc2c1OC[C@H]1CCCC3(CCOCC3)C(=C=O)N1C2. The summed E-state index contributed by atoms with van der Waals surface area (Å²) in [7, 11) is 0. The monoisotopic (exact) mass is 339 g/mol. The number of hydrogen-bond acceptors (Lipinski definition) is 6. The molecule has 2 saturated heterocycles. The molecule has 6 heteroatoms. The first-order chi connectivity index (χ1) is 12.3. The molecule has 1 aromatic heterocycles. The lowest BCUT2D eigenvalue weighted by Gasteiger charge is -2.41. The van der Waals surface area contributed by atoms with Crippen molar-refractivity contribution in [3.05, 3.63) is 29.2 Å². The van der Waals surface area contributed by atoms with Gasteiger partial charge < -0.3 is 14.4 Å². The van der Waals surface area contributed by atoms with Gasteiger partial charge in [0, 0.05) is 43.1 Å². The molecule has 6 nitrogen and oxygen atoms in total. The number of hydrogen-bond donors (Lipinski definition) is 0. The Hall–Kier alpha value is -2.35. The zero-order valence-electron chi connectivity index (χ0n) is 14.2. The van der Waals surface area contributed by atoms with Gasteiger partial charge in [-0.15, -0.1) is 0 Å². The van der Waals surface area contributed by atoms with Gasteiger partial charge in [0.2, 0.25) is 0 Å². The highest BCUT2D eigenvalue weighted by atomic mass is 16.5. The number of fused-ring (bicyclic) bond motifs is 2. The van der Waals surface area contributed by atoms with Crippen LogP contribution in [0.5, 0.6) is 5.75 Å². The van der Waals surface area contributed by atoms with Crippen molar-refractivity contribution < 1.29 is 14.3 Å². The van der Waals surface area contributed by atoms with Gasteiger partial charge in [-0.3, -0.25) is 4.98 Å². The highest BCUT2D eigenvalue weighted by molar-refractivity contribution is 5.56. The highest BCUT2D eigenvalue weighted by Gasteiger charge is 2.44. The van der Waals surface area contributed by atoms with E-state index in [1.165, 1.54) is 6.20 Å². The molecular formula is C19H21N3O3. The Morgan fingerprint density at radius 3 is 2.88 bits per heavy atom. The van der Waals surface area contributed by atoms with E-state index < -0.39 is 0 Å². The molecule has 3 aliphatic rings. The molecule has 0 radical (unpaired) electrons. The Balaban J connectivity index is 1.75. The van der Waals surface area contributed by atoms with Crippen molar-refractivity contribution in [1.82, 2.24) is 9.88 Å². The third-order valence-corrected chi connectivity index (χ3v) is 5.82. The molecular weight excluding hydrogens is 318 g/mol. The van der Waals surface area contributed by atoms with E-state index in [1.807, 2.05) is 0 Å². The maximum atomic E-state index is 12.0. The van der Waals surface area contributed by atoms with E-state index in [4.69, 9.17) is 9.47 Å². The number of allylic oxidation sites excluding steroid dienone is 1. The van der Waals surface area contributed by atoms with Crippen LogP contribution in [0.4, 0.5) is 0 Å². The van der Waals surface area contributed by atoms with Gasteiger partial charge in [-0.25, -0.2) is 4.79 Å². The molecule has 4 rings (SSSR count). The van der Waals surface area contributed by atoms with E-state index in [9.17, 15) is 10.1 Å². The Morgan fingerprint density at radius 1 is 1.28 bits per heavy atom. The van der Waals surface area contributed by atoms with E-state index in [2.05, 4.69) is 21.9 Å². The normalized spacial score (nSPS) is 24.8. The lowest BCUT2D eigenvalue weighted by molar-refractivity contribution is 0.0163. The zero-order chi connectivity index (χ0) is 17.3. The van der Waals surface area contributed by atoms with E-state index in [0.717, 1.165) is 43.4 Å². The molecule has 0 bridgehead atoms. The standard InChI is InChI=1S/C19H21N3O3/c20-8-14-9-21-10-15-11-22-16(13-25-18(14)15)2-1-3-19(17(22)12-23)4-6-24-7-5-19/h9-10,16H,1-7,11,13H2/t16-/m1/s1. The van der Waals surface area contributed by atoms with Crippen LogP contribution < -0.4 is 4.74 Å². The minimum atomic E-state index is -0.139. The Labute approximate surface area is 147 Å². The summed E-state index contributed by atoms with van der Waals surface area (Å²) < 4.78 is 11.5. The summed E-state index contributed by atoms with van der Waals surface area (Å²) in [6.45, 7) is 2.40. The summed E-state index contributed by atoms with van der Waals surface area (Å²) in [6, 6.07) is 2.27. The summed E-state index contributed by atoms with van der Waals surface area (Å²) in [5.74, 6) is 2.90. The molecule has 0 aromatic carbocycles. The lowest BCUT2D eigenvalue weighted by Crippen LogP contribution is -2.42. The van der Waals surface area contributed by atoms with Crippen LogP contribution in [0.15, 0.2) is 18.1 Å². The molecule has 130 valence electrons. The van der Waals surface area contributed by atoms with Crippen molar-refractivity contribution in [3.8, 4) is 11.8 Å². The van der Waals surface area contributed by atoms with E-state index in [1.54, 1.807) is 6.20 Å². The average Bonchev–Trinajstić information content (AvgIpc) is 2.90. The van der Waals surface area contributed by atoms with Crippen LogP contribution in [-0.2, 0) is 16.1 Å². The molecule has 0 saturated carbocycles. The van der Waals surface area contributed by atoms with Gasteiger partial charge in [0.1, 0.15) is 35.6 Å². The molecule has 25 heavy (non-hydrogen) atoms. The second-order valence-corrected chi connectivity index (χ2v) is 7.12. The first-order valence-corrected chi connectivity index (χ1v) is 8.87. The fraction of sp³-hybridized carbons (Fsp3) is 0.579. The molecule has 3 aliphatic heterocycles. The molecule has 1 atom stereocenters. The number of pyridine rings is 1. The van der Waals surface area contributed by atoms with Crippen molar-refractivity contribution in [1.29, 1.82) is 5.26 Å². The quantitative estimate of drug-likeness (QED) is 0.675. The second-order valence-electron chi connectivity index (χ2n) is 7.12. The molecule has 1 spiro atoms. The van der Waals surface area contributed by atoms with Gasteiger partial charge in [0.05, 0.1) is 6.04 Å². The second kappa shape index (κ2) is 6.51. The zero-order valence-corrected chi connectivity index (χ0v) is 14.2. The van der Waals surface area contributed by atoms with E-state index >= 15 is 0 Å². The van der Waals surface area contributed by atoms with Gasteiger partial charge in [-0.05, 0) is 25.7 Å². The maximum Gasteiger partial charge on any atom is 0.146 e. The molecule has 4 heterocycles. The van der Waals surface area contributed by atoms with Crippen LogP contribution in [0.25, 0.3) is 0 Å². The minimum absolute atomic E-state index is 0.123. The van der Waals surface area contributed by atoms with Crippen LogP contribution in [0.1, 0.15) is 43.2 Å². The summed E-state index contributed by atoms with van der Waals surface area (Å²) >= 11 is 0. The van der Waals surface area contributed by atoms with Crippen molar-refractivity contribution in [2.75, 3.05) is 19.8 Å². The van der Waals surface area contributed by atoms with Crippen molar-refractivity contribution in [2.24, 2.45) is 5.41 Å². The van der Waals surface area contributed by atoms with Gasteiger partial charge in [-0.2, -0.15) is 5.26 Å². The molecule has 2 fully saturated rings. The summed E-state index contributed by atoms with van der Waals surface area (Å²) in [5.41, 5.74) is 1.93. The van der Waals surface area contributed by atoms with Gasteiger partial charge in [0.15, 0.2) is 0 Å². The van der Waals surface area contributed by atoms with Gasteiger partial charge in [0.25, 0.3) is 0 Å². The fourth-order valence-electron chi connectivity index (χ4n) is 4.45. The first kappa shape index (κ1) is 16.1. The Morgan fingerprint density at radius 2 is 2.12 bits per heavy atom. The molecule has 0 N–H and O–H groups in total. The largest absolute Gasteiger partial charge is 0.490 e. The summed E-state index contributed by atoms with van der Waals surface area (Å²) in [4.78, 5) is 18.4. The maximum absolute atomic E-state index is 12.0. The number of nitrogens with zero attached hydrogens (tertiary/aromatic N) is 3. The van der Waals surface area contributed by atoms with Crippen molar-refractivity contribution in [3.63, 3.8) is 0 Å². The fourth-order valence-corrected chi connectivity index (χ4v) is 4.45. The van der Waals surface area contributed by atoms with Crippen LogP contribution in [0.2, 0.25) is 0 Å². The summed E-state index contributed by atoms with van der Waals surface area (Å²) in [5, 5.41) is 9.32. The summed E-state index contributed by atoms with van der Waals surface area (Å²) in [6.07, 6.45) is 8.02. The van der Waals surface area contributed by atoms with Gasteiger partial charge in [-0.1, -0.05) is 6.42 Å². The number of nitriles is 1. The third kappa shape index (κ3) is 2.70. The topological polar surface area (TPSA) is 75.5 Å². The molecule has 0 aliphatic carbocycles. The van der Waals surface area contributed by atoms with Crippen LogP contribution in [0.3, 0.4) is 0 Å². The Kier molecular flexibility index (Phi) is 4.20. The average molecular weight is 339 g/mol. The lowest BCUT2D eigenvalue weighted by atomic mass is 9.74. The van der Waals surface area contributed by atoms with Crippen LogP contribution in [0, 0.1) is 16.7 Å². The minimum Gasteiger partial charge on any atom is -0.490 e. The number of aromatic nitrogens is 1. The van der Waals surface area contributed by atoms with Gasteiger partial charge >= 0.3 is 0 Å². The number of ether oxygens (including phenoxy) is 2. The smallest absolute Gasteiger partial charge is 0.146 e. The predicted octanol–water partition coefficient (Wildman–Crippen LogP) is 2.21. The molecule has 1 aromatic rings. The van der Waals surface area contributed by atoms with Crippen molar-refractivity contribution >= 4 is 5.94 Å². The van der Waals surface area contributed by atoms with E-state index in [0.29, 0.717) is 37.7 Å². The molecule has 0 amide bonds. The molecule has 0 unspecified atom stereocenters. The first-order valence-electron chi connectivity index (χ1n) is 8.87. The number of rotatable bonds is 0. The van der Waals surface area contributed by atoms with Crippen LogP contribution in [-0.4, -0.2) is 41.7 Å².